The van der Waals surface area contributed by atoms with Crippen molar-refractivity contribution < 1.29 is 4.74 Å². The first-order chi connectivity index (χ1) is 9.93. The zero-order valence-electron chi connectivity index (χ0n) is 12.0. The highest BCUT2D eigenvalue weighted by Gasteiger charge is 2.30. The third kappa shape index (κ3) is 3.46. The standard InChI is InChI=1S/C15H24N4O/c1-2-4-14(19-7-9-20-10-8-19)13(3-1)11-18-15-12-16-5-6-17-15/h5-6,12-14H,1-4,7-11H2,(H,17,18)/t13-,14-/m0/s1. The van der Waals surface area contributed by atoms with E-state index in [0.717, 1.165) is 38.7 Å². The molecule has 2 heterocycles. The van der Waals surface area contributed by atoms with Crippen LogP contribution in [0.1, 0.15) is 25.7 Å². The van der Waals surface area contributed by atoms with E-state index in [0.29, 0.717) is 12.0 Å². The van der Waals surface area contributed by atoms with Gasteiger partial charge in [0.25, 0.3) is 0 Å². The van der Waals surface area contributed by atoms with E-state index in [1.807, 2.05) is 0 Å². The van der Waals surface area contributed by atoms with E-state index in [1.165, 1.54) is 25.7 Å². The first-order valence-electron chi connectivity index (χ1n) is 7.75. The highest BCUT2D eigenvalue weighted by Crippen LogP contribution is 2.29. The van der Waals surface area contributed by atoms with E-state index in [2.05, 4.69) is 20.2 Å². The van der Waals surface area contributed by atoms with Crippen LogP contribution in [0.3, 0.4) is 0 Å². The van der Waals surface area contributed by atoms with Crippen LogP contribution in [-0.4, -0.2) is 53.8 Å². The molecule has 0 bridgehead atoms. The first-order valence-corrected chi connectivity index (χ1v) is 7.75. The second kappa shape index (κ2) is 6.99. The lowest BCUT2D eigenvalue weighted by molar-refractivity contribution is -0.00541. The molecule has 2 fully saturated rings. The molecular weight excluding hydrogens is 252 g/mol. The Morgan fingerprint density at radius 3 is 2.85 bits per heavy atom. The van der Waals surface area contributed by atoms with Crippen molar-refractivity contribution in [2.75, 3.05) is 38.2 Å². The Hall–Kier alpha value is -1.20. The molecule has 1 aliphatic heterocycles. The summed E-state index contributed by atoms with van der Waals surface area (Å²) in [6, 6.07) is 0.705. The van der Waals surface area contributed by atoms with Gasteiger partial charge in [0.05, 0.1) is 19.4 Å². The quantitative estimate of drug-likeness (QED) is 0.908. The number of nitrogens with one attached hydrogen (secondary N) is 1. The summed E-state index contributed by atoms with van der Waals surface area (Å²) in [5, 5.41) is 3.45. The Labute approximate surface area is 120 Å². The van der Waals surface area contributed by atoms with Gasteiger partial charge < -0.3 is 10.1 Å². The van der Waals surface area contributed by atoms with Crippen LogP contribution in [0, 0.1) is 5.92 Å². The van der Waals surface area contributed by atoms with Gasteiger partial charge in [0.15, 0.2) is 0 Å². The van der Waals surface area contributed by atoms with Gasteiger partial charge in [-0.3, -0.25) is 9.88 Å². The summed E-state index contributed by atoms with van der Waals surface area (Å²) in [5.74, 6) is 1.60. The van der Waals surface area contributed by atoms with Crippen molar-refractivity contribution in [3.63, 3.8) is 0 Å². The van der Waals surface area contributed by atoms with E-state index < -0.39 is 0 Å². The Morgan fingerprint density at radius 2 is 2.05 bits per heavy atom. The number of anilines is 1. The molecule has 3 rings (SSSR count). The van der Waals surface area contributed by atoms with E-state index in [-0.39, 0.29) is 0 Å². The molecule has 0 amide bonds. The van der Waals surface area contributed by atoms with Crippen LogP contribution < -0.4 is 5.32 Å². The lowest BCUT2D eigenvalue weighted by Crippen LogP contribution is -2.49. The Kier molecular flexibility index (Phi) is 4.82. The smallest absolute Gasteiger partial charge is 0.144 e. The fourth-order valence-corrected chi connectivity index (χ4v) is 3.44. The number of aromatic nitrogens is 2. The van der Waals surface area contributed by atoms with Gasteiger partial charge in [-0.1, -0.05) is 12.8 Å². The normalized spacial score (nSPS) is 28.2. The maximum atomic E-state index is 5.48. The average Bonchev–Trinajstić information content (AvgIpc) is 2.55. The molecule has 5 heteroatoms. The van der Waals surface area contributed by atoms with Crippen LogP contribution in [0.4, 0.5) is 5.82 Å². The highest BCUT2D eigenvalue weighted by molar-refractivity contribution is 5.29. The van der Waals surface area contributed by atoms with Crippen LogP contribution in [0.5, 0.6) is 0 Å². The summed E-state index contributed by atoms with van der Waals surface area (Å²) < 4.78 is 5.48. The minimum Gasteiger partial charge on any atom is -0.379 e. The second-order valence-electron chi connectivity index (χ2n) is 5.73. The third-order valence-corrected chi connectivity index (χ3v) is 4.49. The highest BCUT2D eigenvalue weighted by atomic mass is 16.5. The number of rotatable bonds is 4. The summed E-state index contributed by atoms with van der Waals surface area (Å²) >= 11 is 0. The molecule has 1 saturated heterocycles. The van der Waals surface area contributed by atoms with Gasteiger partial charge in [-0.15, -0.1) is 0 Å². The minimum absolute atomic E-state index is 0.705. The number of morpholine rings is 1. The van der Waals surface area contributed by atoms with E-state index >= 15 is 0 Å². The van der Waals surface area contributed by atoms with Crippen LogP contribution in [0.25, 0.3) is 0 Å². The van der Waals surface area contributed by atoms with Crippen LogP contribution in [0.15, 0.2) is 18.6 Å². The minimum atomic E-state index is 0.705. The molecule has 1 aromatic heterocycles. The molecule has 20 heavy (non-hydrogen) atoms. The maximum Gasteiger partial charge on any atom is 0.144 e. The zero-order valence-corrected chi connectivity index (χ0v) is 12.0. The SMILES string of the molecule is c1cnc(NC[C@@H]2CCCC[C@@H]2N2CCOCC2)cn1. The average molecular weight is 276 g/mol. The largest absolute Gasteiger partial charge is 0.379 e. The third-order valence-electron chi connectivity index (χ3n) is 4.49. The molecule has 2 atom stereocenters. The van der Waals surface area contributed by atoms with Crippen molar-refractivity contribution in [1.29, 1.82) is 0 Å². The molecular formula is C15H24N4O. The van der Waals surface area contributed by atoms with Crippen molar-refractivity contribution in [3.8, 4) is 0 Å². The van der Waals surface area contributed by atoms with Gasteiger partial charge in [0.2, 0.25) is 0 Å². The predicted molar refractivity (Wildman–Crippen MR) is 78.7 cm³/mol. The number of nitrogens with zero attached hydrogens (tertiary/aromatic N) is 3. The van der Waals surface area contributed by atoms with E-state index in [9.17, 15) is 0 Å². The van der Waals surface area contributed by atoms with Crippen LogP contribution >= 0.6 is 0 Å². The van der Waals surface area contributed by atoms with Gasteiger partial charge in [-0.25, -0.2) is 4.98 Å². The van der Waals surface area contributed by atoms with Gasteiger partial charge in [-0.2, -0.15) is 0 Å². The molecule has 0 spiro atoms. The molecule has 1 saturated carbocycles. The summed E-state index contributed by atoms with van der Waals surface area (Å²) in [6.07, 6.45) is 10.6. The number of hydrogen-bond acceptors (Lipinski definition) is 5. The maximum absolute atomic E-state index is 5.48. The Morgan fingerprint density at radius 1 is 1.20 bits per heavy atom. The lowest BCUT2D eigenvalue weighted by Gasteiger charge is -2.41. The molecule has 2 aliphatic rings. The number of ether oxygens (including phenoxy) is 1. The molecule has 0 radical (unpaired) electrons. The van der Waals surface area contributed by atoms with Crippen LogP contribution in [-0.2, 0) is 4.74 Å². The van der Waals surface area contributed by atoms with Gasteiger partial charge >= 0.3 is 0 Å². The molecule has 0 aromatic carbocycles. The molecule has 0 unspecified atom stereocenters. The Balaban J connectivity index is 1.57. The Bertz CT molecular complexity index is 394. The van der Waals surface area contributed by atoms with E-state index in [4.69, 9.17) is 4.74 Å². The topological polar surface area (TPSA) is 50.3 Å². The van der Waals surface area contributed by atoms with E-state index in [1.54, 1.807) is 18.6 Å². The predicted octanol–water partition coefficient (Wildman–Crippen LogP) is 1.78. The molecule has 1 N–H and O–H groups in total. The van der Waals surface area contributed by atoms with Crippen molar-refractivity contribution in [2.24, 2.45) is 5.92 Å². The monoisotopic (exact) mass is 276 g/mol. The summed E-state index contributed by atoms with van der Waals surface area (Å²) in [6.45, 7) is 4.96. The van der Waals surface area contributed by atoms with Crippen molar-refractivity contribution in [2.45, 2.75) is 31.7 Å². The first kappa shape index (κ1) is 13.8. The molecule has 1 aromatic rings. The van der Waals surface area contributed by atoms with Gasteiger partial charge in [0.1, 0.15) is 5.82 Å². The zero-order chi connectivity index (χ0) is 13.6. The van der Waals surface area contributed by atoms with Crippen molar-refractivity contribution in [1.82, 2.24) is 14.9 Å². The van der Waals surface area contributed by atoms with Gasteiger partial charge in [-0.05, 0) is 18.8 Å². The fourth-order valence-electron chi connectivity index (χ4n) is 3.44. The summed E-state index contributed by atoms with van der Waals surface area (Å²) in [7, 11) is 0. The molecule has 1 aliphatic carbocycles. The molecule has 110 valence electrons. The van der Waals surface area contributed by atoms with Crippen molar-refractivity contribution >= 4 is 5.82 Å². The summed E-state index contributed by atoms with van der Waals surface area (Å²) in [4.78, 5) is 11.0. The second-order valence-corrected chi connectivity index (χ2v) is 5.73. The molecule has 5 nitrogen and oxygen atoms in total. The van der Waals surface area contributed by atoms with Gasteiger partial charge in [0, 0.05) is 38.1 Å². The number of hydrogen-bond donors (Lipinski definition) is 1. The fraction of sp³-hybridized carbons (Fsp3) is 0.733. The summed E-state index contributed by atoms with van der Waals surface area (Å²) in [5.41, 5.74) is 0. The van der Waals surface area contributed by atoms with Crippen LogP contribution in [0.2, 0.25) is 0 Å². The lowest BCUT2D eigenvalue weighted by atomic mass is 9.83. The van der Waals surface area contributed by atoms with Crippen molar-refractivity contribution in [3.05, 3.63) is 18.6 Å².